The van der Waals surface area contributed by atoms with Crippen LogP contribution in [0.5, 0.6) is 0 Å². The zero-order chi connectivity index (χ0) is 16.1. The van der Waals surface area contributed by atoms with E-state index in [1.54, 1.807) is 18.3 Å². The second-order valence-electron chi connectivity index (χ2n) is 5.52. The van der Waals surface area contributed by atoms with E-state index >= 15 is 0 Å². The van der Waals surface area contributed by atoms with E-state index in [4.69, 9.17) is 0 Å². The number of hydrogen-bond acceptors (Lipinski definition) is 3. The fourth-order valence-corrected chi connectivity index (χ4v) is 2.57. The van der Waals surface area contributed by atoms with Gasteiger partial charge in [-0.25, -0.2) is 9.07 Å². The highest BCUT2D eigenvalue weighted by Crippen LogP contribution is 2.15. The Morgan fingerprint density at radius 3 is 3.04 bits per heavy atom. The number of fused-ring (bicyclic) bond motifs is 1. The smallest absolute Gasteiger partial charge is 0.254 e. The van der Waals surface area contributed by atoms with E-state index < -0.39 is 11.7 Å². The van der Waals surface area contributed by atoms with Crippen molar-refractivity contribution in [2.45, 2.75) is 6.54 Å². The number of nitrogens with zero attached hydrogens (tertiary/aromatic N) is 3. The Kier molecular flexibility index (Phi) is 4.87. The van der Waals surface area contributed by atoms with Gasteiger partial charge >= 0.3 is 0 Å². The molecule has 1 radical (unpaired) electrons. The van der Waals surface area contributed by atoms with Gasteiger partial charge in [0.2, 0.25) is 0 Å². The Balaban J connectivity index is 1.35. The van der Waals surface area contributed by atoms with E-state index in [2.05, 4.69) is 21.0 Å². The van der Waals surface area contributed by atoms with Crippen molar-refractivity contribution in [2.24, 2.45) is 5.92 Å². The highest BCUT2D eigenvalue weighted by Gasteiger charge is 2.18. The van der Waals surface area contributed by atoms with Crippen LogP contribution in [-0.4, -0.2) is 41.9 Å². The lowest BCUT2D eigenvalue weighted by atomic mass is 10.1. The van der Waals surface area contributed by atoms with Crippen LogP contribution in [-0.2, 0) is 6.54 Å². The number of carbonyl (C=O) groups is 1. The Labute approximate surface area is 134 Å². The van der Waals surface area contributed by atoms with E-state index in [-0.39, 0.29) is 5.56 Å². The van der Waals surface area contributed by atoms with E-state index in [1.165, 1.54) is 12.1 Å². The maximum absolute atomic E-state index is 13.5. The van der Waals surface area contributed by atoms with Crippen LogP contribution in [0.4, 0.5) is 10.2 Å². The Morgan fingerprint density at radius 2 is 2.17 bits per heavy atom. The molecule has 1 aromatic heterocycles. The van der Waals surface area contributed by atoms with Crippen molar-refractivity contribution in [1.82, 2.24) is 25.7 Å². The second-order valence-corrected chi connectivity index (χ2v) is 5.52. The molecule has 23 heavy (non-hydrogen) atoms. The lowest BCUT2D eigenvalue weighted by Crippen LogP contribution is -2.38. The van der Waals surface area contributed by atoms with Gasteiger partial charge in [-0.2, -0.15) is 5.10 Å². The number of benzene rings is 1. The first kappa shape index (κ1) is 15.5. The summed E-state index contributed by atoms with van der Waals surface area (Å²) < 4.78 is 15.4. The monoisotopic (exact) mass is 316 g/mol. The number of halogens is 1. The lowest BCUT2D eigenvalue weighted by molar-refractivity contribution is 0.0950. The van der Waals surface area contributed by atoms with Crippen molar-refractivity contribution in [1.29, 1.82) is 0 Å². The summed E-state index contributed by atoms with van der Waals surface area (Å²) in [7, 11) is 0. The predicted octanol–water partition coefficient (Wildman–Crippen LogP) is 0.908. The third-order valence-electron chi connectivity index (χ3n) is 3.78. The average Bonchev–Trinajstić information content (AvgIpc) is 3.02. The average molecular weight is 316 g/mol. The minimum absolute atomic E-state index is 0.0739. The summed E-state index contributed by atoms with van der Waals surface area (Å²) in [4.78, 5) is 11.8. The van der Waals surface area contributed by atoms with Gasteiger partial charge < -0.3 is 10.6 Å². The van der Waals surface area contributed by atoms with Crippen LogP contribution in [0.2, 0.25) is 0 Å². The molecule has 0 saturated heterocycles. The van der Waals surface area contributed by atoms with E-state index in [0.29, 0.717) is 19.0 Å². The van der Waals surface area contributed by atoms with E-state index in [1.807, 2.05) is 10.7 Å². The summed E-state index contributed by atoms with van der Waals surface area (Å²) in [5.41, 5.74) is 0.0739. The van der Waals surface area contributed by atoms with Gasteiger partial charge in [-0.05, 0) is 12.1 Å². The van der Waals surface area contributed by atoms with E-state index in [9.17, 15) is 9.18 Å². The van der Waals surface area contributed by atoms with Crippen LogP contribution in [0.1, 0.15) is 10.4 Å². The number of aromatic nitrogens is 2. The first-order valence-corrected chi connectivity index (χ1v) is 7.67. The standard InChI is InChI=1S/C16H19FN5O/c17-14-4-2-1-3-13(14)16(23)19-8-7-18-9-12-10-20-15-5-6-21-22(15)11-12/h1-6,12,18H,7-11H2,(H,19,23). The van der Waals surface area contributed by atoms with Gasteiger partial charge in [-0.15, -0.1) is 0 Å². The Morgan fingerprint density at radius 1 is 1.30 bits per heavy atom. The number of rotatable bonds is 6. The fourth-order valence-electron chi connectivity index (χ4n) is 2.57. The summed E-state index contributed by atoms with van der Waals surface area (Å²) in [5, 5.41) is 14.7. The molecule has 0 saturated carbocycles. The third kappa shape index (κ3) is 3.87. The van der Waals surface area contributed by atoms with Crippen molar-refractivity contribution in [2.75, 3.05) is 26.2 Å². The molecule has 1 atom stereocenters. The Bertz CT molecular complexity index is 672. The van der Waals surface area contributed by atoms with Crippen LogP contribution in [0.15, 0.2) is 36.5 Å². The van der Waals surface area contributed by atoms with Crippen LogP contribution in [0.25, 0.3) is 0 Å². The molecule has 0 spiro atoms. The molecule has 1 aromatic carbocycles. The van der Waals surface area contributed by atoms with Crippen LogP contribution < -0.4 is 16.0 Å². The molecule has 7 heteroatoms. The zero-order valence-electron chi connectivity index (χ0n) is 12.7. The molecule has 6 nitrogen and oxygen atoms in total. The zero-order valence-corrected chi connectivity index (χ0v) is 12.7. The molecule has 2 heterocycles. The van der Waals surface area contributed by atoms with Crippen molar-refractivity contribution in [3.63, 3.8) is 0 Å². The van der Waals surface area contributed by atoms with Gasteiger partial charge in [-0.1, -0.05) is 12.1 Å². The SMILES string of the molecule is O=C(NCCNCC1C[N]c2ccnn2C1)c1ccccc1F. The predicted molar refractivity (Wildman–Crippen MR) is 84.0 cm³/mol. The van der Waals surface area contributed by atoms with Gasteiger partial charge in [0.05, 0.1) is 11.8 Å². The molecular weight excluding hydrogens is 297 g/mol. The summed E-state index contributed by atoms with van der Waals surface area (Å²) >= 11 is 0. The van der Waals surface area contributed by atoms with Gasteiger partial charge in [0, 0.05) is 44.7 Å². The molecule has 1 aliphatic rings. The molecule has 1 unspecified atom stereocenters. The largest absolute Gasteiger partial charge is 0.351 e. The summed E-state index contributed by atoms with van der Waals surface area (Å²) in [5.74, 6) is 0.429. The summed E-state index contributed by atoms with van der Waals surface area (Å²) in [6, 6.07) is 7.87. The normalized spacial score (nSPS) is 16.5. The van der Waals surface area contributed by atoms with Crippen molar-refractivity contribution in [3.8, 4) is 0 Å². The number of amides is 1. The topological polar surface area (TPSA) is 73.1 Å². The van der Waals surface area contributed by atoms with Crippen LogP contribution in [0.3, 0.4) is 0 Å². The fraction of sp³-hybridized carbons (Fsp3) is 0.375. The molecular formula is C16H19FN5O. The lowest BCUT2D eigenvalue weighted by Gasteiger charge is -2.23. The molecule has 2 aromatic rings. The van der Waals surface area contributed by atoms with Crippen molar-refractivity contribution >= 4 is 11.7 Å². The van der Waals surface area contributed by atoms with Crippen LogP contribution >= 0.6 is 0 Å². The minimum Gasteiger partial charge on any atom is -0.351 e. The summed E-state index contributed by atoms with van der Waals surface area (Å²) in [6.07, 6.45) is 1.76. The van der Waals surface area contributed by atoms with Crippen molar-refractivity contribution < 1.29 is 9.18 Å². The van der Waals surface area contributed by atoms with Crippen molar-refractivity contribution in [3.05, 3.63) is 47.9 Å². The van der Waals surface area contributed by atoms with E-state index in [0.717, 1.165) is 25.5 Å². The van der Waals surface area contributed by atoms with Gasteiger partial charge in [0.15, 0.2) is 0 Å². The molecule has 1 amide bonds. The molecule has 121 valence electrons. The third-order valence-corrected chi connectivity index (χ3v) is 3.78. The quantitative estimate of drug-likeness (QED) is 0.778. The number of hydrogen-bond donors (Lipinski definition) is 2. The highest BCUT2D eigenvalue weighted by molar-refractivity contribution is 5.94. The number of carbonyl (C=O) groups excluding carboxylic acids is 1. The first-order chi connectivity index (χ1) is 11.2. The van der Waals surface area contributed by atoms with Gasteiger partial charge in [0.1, 0.15) is 11.6 Å². The van der Waals surface area contributed by atoms with Crippen LogP contribution in [0, 0.1) is 11.7 Å². The summed E-state index contributed by atoms with van der Waals surface area (Å²) in [6.45, 7) is 3.51. The second kappa shape index (κ2) is 7.23. The van der Waals surface area contributed by atoms with Gasteiger partial charge in [-0.3, -0.25) is 10.1 Å². The number of nitrogens with one attached hydrogen (secondary N) is 2. The molecule has 0 fully saturated rings. The molecule has 3 rings (SSSR count). The first-order valence-electron chi connectivity index (χ1n) is 7.67. The molecule has 2 N–H and O–H groups in total. The van der Waals surface area contributed by atoms with Gasteiger partial charge in [0.25, 0.3) is 5.91 Å². The minimum atomic E-state index is -0.503. The maximum Gasteiger partial charge on any atom is 0.254 e. The Hall–Kier alpha value is -2.41. The maximum atomic E-state index is 13.5. The molecule has 0 bridgehead atoms. The highest BCUT2D eigenvalue weighted by atomic mass is 19.1. The molecule has 1 aliphatic heterocycles. The molecule has 0 aliphatic carbocycles.